The van der Waals surface area contributed by atoms with E-state index in [2.05, 4.69) is 46.6 Å². The molecule has 0 radical (unpaired) electrons. The van der Waals surface area contributed by atoms with Crippen LogP contribution in [0, 0.1) is 6.57 Å². The van der Waals surface area contributed by atoms with Crippen LogP contribution in [0.25, 0.3) is 37.2 Å². The van der Waals surface area contributed by atoms with E-state index in [0.717, 1.165) is 16.8 Å². The van der Waals surface area contributed by atoms with Gasteiger partial charge in [-0.15, -0.1) is 11.3 Å². The van der Waals surface area contributed by atoms with Gasteiger partial charge in [-0.05, 0) is 46.9 Å². The van der Waals surface area contributed by atoms with Gasteiger partial charge in [-0.1, -0.05) is 49.4 Å². The fourth-order valence-corrected chi connectivity index (χ4v) is 4.93. The summed E-state index contributed by atoms with van der Waals surface area (Å²) in [5.41, 5.74) is 5.61. The highest BCUT2D eigenvalue weighted by Gasteiger charge is 2.26. The number of hydrogen-bond donors (Lipinski definition) is 0. The van der Waals surface area contributed by atoms with Crippen molar-refractivity contribution in [3.05, 3.63) is 76.7 Å². The molecule has 0 atom stereocenters. The van der Waals surface area contributed by atoms with E-state index in [0.29, 0.717) is 30.0 Å². The van der Waals surface area contributed by atoms with Gasteiger partial charge in [0.25, 0.3) is 0 Å². The Hall–Kier alpha value is -3.36. The van der Waals surface area contributed by atoms with Crippen LogP contribution in [0.15, 0.2) is 53.9 Å². The lowest BCUT2D eigenvalue weighted by molar-refractivity contribution is 0.0516. The Morgan fingerprint density at radius 3 is 2.50 bits per heavy atom. The van der Waals surface area contributed by atoms with E-state index in [1.54, 1.807) is 22.8 Å². The molecule has 5 heteroatoms. The maximum absolute atomic E-state index is 12.7. The van der Waals surface area contributed by atoms with Crippen LogP contribution < -0.4 is 0 Å². The molecule has 0 fully saturated rings. The van der Waals surface area contributed by atoms with Crippen LogP contribution in [0.5, 0.6) is 0 Å². The van der Waals surface area contributed by atoms with E-state index in [1.165, 1.54) is 15.6 Å². The molecule has 4 aromatic rings. The van der Waals surface area contributed by atoms with Crippen LogP contribution in [-0.2, 0) is 18.2 Å². The Bertz CT molecular complexity index is 1270. The van der Waals surface area contributed by atoms with Crippen LogP contribution in [-0.4, -0.2) is 17.1 Å². The number of rotatable bonds is 5. The topological polar surface area (TPSA) is 35.6 Å². The van der Waals surface area contributed by atoms with Crippen molar-refractivity contribution in [1.82, 2.24) is 4.57 Å². The smallest absolute Gasteiger partial charge is 0.354 e. The fraction of sp³-hybridized carbons (Fsp3) is 0.200. The quantitative estimate of drug-likeness (QED) is 0.264. The number of fused-ring (bicyclic) bond motifs is 1. The Kier molecular flexibility index (Phi) is 5.43. The zero-order valence-electron chi connectivity index (χ0n) is 17.2. The molecule has 0 saturated heterocycles. The third-order valence-electron chi connectivity index (χ3n) is 5.37. The predicted octanol–water partition coefficient (Wildman–Crippen LogP) is 6.86. The Morgan fingerprint density at radius 1 is 1.10 bits per heavy atom. The van der Waals surface area contributed by atoms with E-state index in [1.807, 2.05) is 26.1 Å². The van der Waals surface area contributed by atoms with Gasteiger partial charge in [-0.3, -0.25) is 0 Å². The predicted molar refractivity (Wildman–Crippen MR) is 123 cm³/mol. The molecule has 0 amide bonds. The first-order valence-electron chi connectivity index (χ1n) is 9.93. The molecule has 30 heavy (non-hydrogen) atoms. The summed E-state index contributed by atoms with van der Waals surface area (Å²) in [5, 5.41) is 3.34. The summed E-state index contributed by atoms with van der Waals surface area (Å²) in [5.74, 6) is -0.396. The summed E-state index contributed by atoms with van der Waals surface area (Å²) in [6, 6.07) is 16.5. The fourth-order valence-electron chi connectivity index (χ4n) is 3.99. The van der Waals surface area contributed by atoms with Crippen molar-refractivity contribution in [2.75, 3.05) is 6.61 Å². The molecular formula is C25H22N2O2S. The Labute approximate surface area is 180 Å². The van der Waals surface area contributed by atoms with Crippen molar-refractivity contribution in [3.63, 3.8) is 0 Å². The molecule has 2 heterocycles. The van der Waals surface area contributed by atoms with Crippen LogP contribution in [0.2, 0.25) is 0 Å². The van der Waals surface area contributed by atoms with Crippen molar-refractivity contribution >= 4 is 33.1 Å². The average molecular weight is 415 g/mol. The number of hydrogen-bond acceptors (Lipinski definition) is 3. The lowest BCUT2D eigenvalue weighted by Crippen LogP contribution is -2.12. The van der Waals surface area contributed by atoms with Gasteiger partial charge in [0, 0.05) is 23.0 Å². The van der Waals surface area contributed by atoms with Gasteiger partial charge in [-0.25, -0.2) is 9.64 Å². The largest absolute Gasteiger partial charge is 0.461 e. The van der Waals surface area contributed by atoms with E-state index >= 15 is 0 Å². The number of thiophene rings is 1. The number of carbonyl (C=O) groups excluding carboxylic acids is 1. The molecule has 0 spiro atoms. The molecule has 2 aromatic heterocycles. The van der Waals surface area contributed by atoms with Gasteiger partial charge in [-0.2, -0.15) is 0 Å². The summed E-state index contributed by atoms with van der Waals surface area (Å²) in [6.45, 7) is 11.8. The Balaban J connectivity index is 1.86. The minimum Gasteiger partial charge on any atom is -0.461 e. The van der Waals surface area contributed by atoms with E-state index in [4.69, 9.17) is 11.3 Å². The zero-order valence-corrected chi connectivity index (χ0v) is 18.0. The van der Waals surface area contributed by atoms with Gasteiger partial charge >= 0.3 is 5.97 Å². The normalized spacial score (nSPS) is 10.9. The Morgan fingerprint density at radius 2 is 1.83 bits per heavy atom. The second kappa shape index (κ2) is 8.17. The summed E-state index contributed by atoms with van der Waals surface area (Å²) < 4.78 is 8.36. The zero-order chi connectivity index (χ0) is 21.3. The minimum absolute atomic E-state index is 0.294. The first-order chi connectivity index (χ1) is 14.6. The summed E-state index contributed by atoms with van der Waals surface area (Å²) >= 11 is 1.73. The molecule has 0 aliphatic rings. The first kappa shape index (κ1) is 19.9. The number of ether oxygens (including phenoxy) is 1. The maximum atomic E-state index is 12.7. The van der Waals surface area contributed by atoms with E-state index in [-0.39, 0.29) is 0 Å². The van der Waals surface area contributed by atoms with Crippen molar-refractivity contribution in [3.8, 4) is 22.3 Å². The summed E-state index contributed by atoms with van der Waals surface area (Å²) in [4.78, 5) is 16.5. The average Bonchev–Trinajstić information content (AvgIpc) is 3.35. The molecule has 0 N–H and O–H groups in total. The van der Waals surface area contributed by atoms with Crippen molar-refractivity contribution in [2.45, 2.75) is 20.3 Å². The van der Waals surface area contributed by atoms with Crippen LogP contribution in [0.3, 0.4) is 0 Å². The van der Waals surface area contributed by atoms with Crippen LogP contribution in [0.4, 0.5) is 5.69 Å². The van der Waals surface area contributed by atoms with E-state index < -0.39 is 5.97 Å². The first-order valence-corrected chi connectivity index (χ1v) is 10.8. The second-order valence-electron chi connectivity index (χ2n) is 6.99. The van der Waals surface area contributed by atoms with Crippen molar-refractivity contribution in [1.29, 1.82) is 0 Å². The lowest BCUT2D eigenvalue weighted by atomic mass is 9.98. The highest BCUT2D eigenvalue weighted by atomic mass is 32.1. The number of aromatic nitrogens is 1. The van der Waals surface area contributed by atoms with Crippen molar-refractivity contribution in [2.24, 2.45) is 7.05 Å². The molecule has 0 bridgehead atoms. The molecule has 4 rings (SSSR count). The van der Waals surface area contributed by atoms with Gasteiger partial charge in [0.05, 0.1) is 13.2 Å². The molecule has 0 aliphatic carbocycles. The monoisotopic (exact) mass is 414 g/mol. The third kappa shape index (κ3) is 3.20. The summed E-state index contributed by atoms with van der Waals surface area (Å²) in [7, 11) is 1.83. The molecular weight excluding hydrogens is 392 g/mol. The molecule has 150 valence electrons. The molecule has 0 unspecified atom stereocenters. The van der Waals surface area contributed by atoms with Gasteiger partial charge < -0.3 is 9.30 Å². The standard InChI is InChI=1S/C25H22N2O2S/c1-5-20-22(26-3)21(23(27(20)4)25(28)29-6-2)17-12-10-16(11-13-17)19-9-7-8-18-14-15-30-24(18)19/h7-15H,5-6H2,1-2,4H3. The highest BCUT2D eigenvalue weighted by molar-refractivity contribution is 7.17. The number of nitrogens with zero attached hydrogens (tertiary/aromatic N) is 2. The number of carbonyl (C=O) groups is 1. The molecule has 0 saturated carbocycles. The van der Waals surface area contributed by atoms with Gasteiger partial charge in [0.2, 0.25) is 5.69 Å². The van der Waals surface area contributed by atoms with E-state index in [9.17, 15) is 4.79 Å². The van der Waals surface area contributed by atoms with Crippen LogP contribution in [0.1, 0.15) is 30.0 Å². The molecule has 4 nitrogen and oxygen atoms in total. The third-order valence-corrected chi connectivity index (χ3v) is 6.33. The number of benzene rings is 2. The van der Waals surface area contributed by atoms with Gasteiger partial charge in [0.15, 0.2) is 0 Å². The number of esters is 1. The second-order valence-corrected chi connectivity index (χ2v) is 7.90. The van der Waals surface area contributed by atoms with Crippen molar-refractivity contribution < 1.29 is 9.53 Å². The maximum Gasteiger partial charge on any atom is 0.354 e. The molecule has 2 aromatic carbocycles. The molecule has 0 aliphatic heterocycles. The van der Waals surface area contributed by atoms with Gasteiger partial charge in [0.1, 0.15) is 5.69 Å². The lowest BCUT2D eigenvalue weighted by Gasteiger charge is -2.10. The minimum atomic E-state index is -0.396. The van der Waals surface area contributed by atoms with Crippen LogP contribution >= 0.6 is 11.3 Å². The highest BCUT2D eigenvalue weighted by Crippen LogP contribution is 2.41. The SMILES string of the molecule is [C-]#[N+]c1c(-c2ccc(-c3cccc4ccsc34)cc2)c(C(=O)OCC)n(C)c1CC. The summed E-state index contributed by atoms with van der Waals surface area (Å²) in [6.07, 6.45) is 0.666.